The Morgan fingerprint density at radius 1 is 1.38 bits per heavy atom. The average Bonchev–Trinajstić information content (AvgIpc) is 2.84. The summed E-state index contributed by atoms with van der Waals surface area (Å²) in [7, 11) is 0. The first-order valence-electron chi connectivity index (χ1n) is 8.35. The van der Waals surface area contributed by atoms with Crippen LogP contribution < -0.4 is 0 Å². The van der Waals surface area contributed by atoms with Crippen LogP contribution in [0.4, 0.5) is 0 Å². The number of ketones is 1. The van der Waals surface area contributed by atoms with Crippen molar-refractivity contribution in [2.24, 2.45) is 0 Å². The van der Waals surface area contributed by atoms with Gasteiger partial charge < -0.3 is 4.74 Å². The molecule has 1 spiro atoms. The number of ether oxygens (including phenoxy) is 1. The number of carbonyl (C=O) groups is 1. The van der Waals surface area contributed by atoms with Crippen LogP contribution in [-0.2, 0) is 17.6 Å². The van der Waals surface area contributed by atoms with Crippen molar-refractivity contribution >= 4 is 5.78 Å². The van der Waals surface area contributed by atoms with Gasteiger partial charge in [-0.25, -0.2) is 0 Å². The third-order valence-electron chi connectivity index (χ3n) is 5.18. The van der Waals surface area contributed by atoms with Crippen molar-refractivity contribution < 1.29 is 9.53 Å². The van der Waals surface area contributed by atoms with Crippen LogP contribution in [0.25, 0.3) is 0 Å². The zero-order valence-electron chi connectivity index (χ0n) is 13.4. The van der Waals surface area contributed by atoms with Crippen LogP contribution in [0.2, 0.25) is 0 Å². The molecule has 2 fully saturated rings. The predicted octanol–water partition coefficient (Wildman–Crippen LogP) is 3.48. The normalized spacial score (nSPS) is 24.0. The largest absolute Gasteiger partial charge is 0.375 e. The Kier molecular flexibility index (Phi) is 3.91. The Labute approximate surface area is 126 Å². The topological polar surface area (TPSA) is 44.1 Å². The Hall–Kier alpha value is -1.16. The number of carbonyl (C=O) groups excluding carboxylic acids is 1. The maximum Gasteiger partial charge on any atom is 0.163 e. The number of rotatable bonds is 4. The fourth-order valence-corrected chi connectivity index (χ4v) is 3.95. The van der Waals surface area contributed by atoms with E-state index >= 15 is 0 Å². The van der Waals surface area contributed by atoms with E-state index in [4.69, 9.17) is 9.84 Å². The van der Waals surface area contributed by atoms with Gasteiger partial charge in [0.2, 0.25) is 0 Å². The minimum atomic E-state index is 0.114. The molecule has 1 unspecified atom stereocenters. The Morgan fingerprint density at radius 3 is 2.67 bits per heavy atom. The van der Waals surface area contributed by atoms with E-state index in [9.17, 15) is 4.79 Å². The summed E-state index contributed by atoms with van der Waals surface area (Å²) in [6, 6.07) is 0.396. The summed E-state index contributed by atoms with van der Waals surface area (Å²) in [4.78, 5) is 12.0. The molecule has 4 nitrogen and oxygen atoms in total. The second kappa shape index (κ2) is 5.56. The molecule has 1 saturated heterocycles. The quantitative estimate of drug-likeness (QED) is 0.797. The Bertz CT molecular complexity index is 543. The summed E-state index contributed by atoms with van der Waals surface area (Å²) < 4.78 is 8.19. The molecule has 1 aromatic heterocycles. The zero-order valence-corrected chi connectivity index (χ0v) is 13.4. The van der Waals surface area contributed by atoms with Gasteiger partial charge in [-0.1, -0.05) is 13.8 Å². The second-order valence-electron chi connectivity index (χ2n) is 6.51. The first kappa shape index (κ1) is 14.8. The summed E-state index contributed by atoms with van der Waals surface area (Å²) in [6.45, 7) is 6.69. The molecule has 0 amide bonds. The molecule has 0 N–H and O–H groups in total. The van der Waals surface area contributed by atoms with Gasteiger partial charge in [0.1, 0.15) is 0 Å². The van der Waals surface area contributed by atoms with Crippen LogP contribution in [0.15, 0.2) is 0 Å². The van der Waals surface area contributed by atoms with E-state index in [0.29, 0.717) is 6.04 Å². The first-order valence-corrected chi connectivity index (χ1v) is 8.35. The molecule has 0 radical (unpaired) electrons. The Morgan fingerprint density at radius 2 is 2.14 bits per heavy atom. The van der Waals surface area contributed by atoms with E-state index in [2.05, 4.69) is 18.5 Å². The van der Waals surface area contributed by atoms with E-state index < -0.39 is 0 Å². The van der Waals surface area contributed by atoms with Gasteiger partial charge in [0, 0.05) is 12.3 Å². The molecule has 1 atom stereocenters. The molecule has 2 heterocycles. The lowest BCUT2D eigenvalue weighted by Crippen LogP contribution is -2.46. The van der Waals surface area contributed by atoms with Crippen molar-refractivity contribution in [3.8, 4) is 0 Å². The van der Waals surface area contributed by atoms with Crippen molar-refractivity contribution in [2.45, 2.75) is 77.4 Å². The van der Waals surface area contributed by atoms with Crippen molar-refractivity contribution in [2.75, 3.05) is 6.61 Å². The number of hydrogen-bond donors (Lipinski definition) is 0. The minimum absolute atomic E-state index is 0.114. The third-order valence-corrected chi connectivity index (χ3v) is 5.18. The van der Waals surface area contributed by atoms with E-state index in [0.717, 1.165) is 49.2 Å². The molecule has 1 saturated carbocycles. The SMILES string of the molecule is CCc1nn(C2CCOC3(CCC3)C2)c(CC)c1C(C)=O. The summed E-state index contributed by atoms with van der Waals surface area (Å²) in [5.74, 6) is 0.153. The molecule has 0 aromatic carbocycles. The van der Waals surface area contributed by atoms with Gasteiger partial charge >= 0.3 is 0 Å². The lowest BCUT2D eigenvalue weighted by atomic mass is 9.74. The predicted molar refractivity (Wildman–Crippen MR) is 81.8 cm³/mol. The molecule has 1 aliphatic carbocycles. The summed E-state index contributed by atoms with van der Waals surface area (Å²) >= 11 is 0. The molecule has 1 aromatic rings. The van der Waals surface area contributed by atoms with E-state index in [-0.39, 0.29) is 11.4 Å². The van der Waals surface area contributed by atoms with Crippen molar-refractivity contribution in [3.05, 3.63) is 17.0 Å². The van der Waals surface area contributed by atoms with Crippen LogP contribution in [-0.4, -0.2) is 27.8 Å². The average molecular weight is 290 g/mol. The molecular weight excluding hydrogens is 264 g/mol. The zero-order chi connectivity index (χ0) is 15.0. The van der Waals surface area contributed by atoms with Crippen molar-refractivity contribution in [1.29, 1.82) is 0 Å². The number of hydrogen-bond acceptors (Lipinski definition) is 3. The number of Topliss-reactive ketones (excluding diaryl/α,β-unsaturated/α-hetero) is 1. The lowest BCUT2D eigenvalue weighted by Gasteiger charge is -2.47. The number of aryl methyl sites for hydroxylation is 1. The van der Waals surface area contributed by atoms with Gasteiger partial charge in [-0.05, 0) is 51.9 Å². The third kappa shape index (κ3) is 2.44. The maximum atomic E-state index is 12.0. The smallest absolute Gasteiger partial charge is 0.163 e. The van der Waals surface area contributed by atoms with Crippen LogP contribution in [0, 0.1) is 0 Å². The highest BCUT2D eigenvalue weighted by Crippen LogP contribution is 2.46. The van der Waals surface area contributed by atoms with Gasteiger partial charge in [-0.15, -0.1) is 0 Å². The molecule has 2 aliphatic rings. The standard InChI is InChI=1S/C17H26N2O2/c1-4-14-16(12(3)20)15(5-2)19(18-14)13-7-10-21-17(11-13)8-6-9-17/h13H,4-11H2,1-3H3. The lowest BCUT2D eigenvalue weighted by molar-refractivity contribution is -0.141. The first-order chi connectivity index (χ1) is 10.1. The molecular formula is C17H26N2O2. The molecule has 3 rings (SSSR count). The fraction of sp³-hybridized carbons (Fsp3) is 0.765. The highest BCUT2D eigenvalue weighted by molar-refractivity contribution is 5.96. The summed E-state index contributed by atoms with van der Waals surface area (Å²) in [6.07, 6.45) is 7.42. The molecule has 4 heteroatoms. The fourth-order valence-electron chi connectivity index (χ4n) is 3.95. The van der Waals surface area contributed by atoms with Crippen molar-refractivity contribution in [1.82, 2.24) is 9.78 Å². The van der Waals surface area contributed by atoms with Gasteiger partial charge in [0.25, 0.3) is 0 Å². The number of nitrogens with zero attached hydrogens (tertiary/aromatic N) is 2. The van der Waals surface area contributed by atoms with Crippen molar-refractivity contribution in [3.63, 3.8) is 0 Å². The van der Waals surface area contributed by atoms with E-state index in [1.165, 1.54) is 19.3 Å². The molecule has 0 bridgehead atoms. The molecule has 21 heavy (non-hydrogen) atoms. The monoisotopic (exact) mass is 290 g/mol. The van der Waals surface area contributed by atoms with Crippen LogP contribution in [0.1, 0.15) is 80.7 Å². The Balaban J connectivity index is 1.95. The minimum Gasteiger partial charge on any atom is -0.375 e. The molecule has 1 aliphatic heterocycles. The van der Waals surface area contributed by atoms with Crippen LogP contribution >= 0.6 is 0 Å². The van der Waals surface area contributed by atoms with E-state index in [1.54, 1.807) is 6.92 Å². The summed E-state index contributed by atoms with van der Waals surface area (Å²) in [5, 5.41) is 4.81. The van der Waals surface area contributed by atoms with Crippen LogP contribution in [0.5, 0.6) is 0 Å². The highest BCUT2D eigenvalue weighted by Gasteiger charge is 2.43. The van der Waals surface area contributed by atoms with Gasteiger partial charge in [0.15, 0.2) is 5.78 Å². The highest BCUT2D eigenvalue weighted by atomic mass is 16.5. The van der Waals surface area contributed by atoms with Gasteiger partial charge in [-0.3, -0.25) is 9.48 Å². The van der Waals surface area contributed by atoms with E-state index in [1.807, 2.05) is 0 Å². The second-order valence-corrected chi connectivity index (χ2v) is 6.51. The number of aromatic nitrogens is 2. The molecule has 116 valence electrons. The van der Waals surface area contributed by atoms with Gasteiger partial charge in [0.05, 0.1) is 22.9 Å². The van der Waals surface area contributed by atoms with Crippen LogP contribution in [0.3, 0.4) is 0 Å². The maximum absolute atomic E-state index is 12.0. The summed E-state index contributed by atoms with van der Waals surface area (Å²) in [5.41, 5.74) is 3.08. The van der Waals surface area contributed by atoms with Gasteiger partial charge in [-0.2, -0.15) is 5.10 Å².